The van der Waals surface area contributed by atoms with Crippen molar-refractivity contribution in [3.63, 3.8) is 0 Å². The molecule has 13 nitrogen and oxygen atoms in total. The fourth-order valence-electron chi connectivity index (χ4n) is 7.65. The van der Waals surface area contributed by atoms with Crippen molar-refractivity contribution in [2.24, 2.45) is 0 Å². The first kappa shape index (κ1) is 41.6. The van der Waals surface area contributed by atoms with Gasteiger partial charge in [-0.2, -0.15) is 0 Å². The van der Waals surface area contributed by atoms with Crippen LogP contribution < -0.4 is 14.9 Å². The molecule has 1 fully saturated rings. The minimum Gasteiger partial charge on any atom is -0.376 e. The van der Waals surface area contributed by atoms with Crippen molar-refractivity contribution in [1.82, 2.24) is 24.8 Å². The minimum atomic E-state index is -4.27. The summed E-state index contributed by atoms with van der Waals surface area (Å²) in [6.45, 7) is 4.91. The number of pyridine rings is 1. The molecule has 1 aliphatic rings. The number of nitrogens with zero attached hydrogens (tertiary/aromatic N) is 7. The quantitative estimate of drug-likeness (QED) is 0.0546. The molecule has 5 aromatic carbocycles. The van der Waals surface area contributed by atoms with Crippen LogP contribution in [0.25, 0.3) is 32.9 Å². The third-order valence-corrected chi connectivity index (χ3v) is 13.4. The molecule has 8 rings (SSSR count). The lowest BCUT2D eigenvalue weighted by Crippen LogP contribution is -2.46. The van der Waals surface area contributed by atoms with E-state index in [-0.39, 0.29) is 28.1 Å². The van der Waals surface area contributed by atoms with Crippen LogP contribution in [0.5, 0.6) is 0 Å². The van der Waals surface area contributed by atoms with E-state index >= 15 is 0 Å². The lowest BCUT2D eigenvalue weighted by atomic mass is 9.97. The lowest BCUT2D eigenvalue weighted by Gasteiger charge is -2.36. The number of thioether (sulfide) groups is 1. The van der Waals surface area contributed by atoms with Gasteiger partial charge in [-0.1, -0.05) is 66.7 Å². The molecule has 0 saturated carbocycles. The second kappa shape index (κ2) is 18.6. The Labute approximate surface area is 360 Å². The SMILES string of the molecule is CN(C)CCC(CSc1ccccc1)Nc1ccc(S(=O)(=O)Nc2ncnc3cc(N4CCN(Cc5ccccc5-c5cccc6cccnc56)CC4)ccc23)cc1[N+](=O)[O-]. The summed E-state index contributed by atoms with van der Waals surface area (Å²) in [6, 6.07) is 38.4. The van der Waals surface area contributed by atoms with E-state index in [0.29, 0.717) is 16.7 Å². The van der Waals surface area contributed by atoms with Crippen LogP contribution in [0.4, 0.5) is 22.9 Å². The Bertz CT molecular complexity index is 2760. The third-order valence-electron chi connectivity index (χ3n) is 10.9. The number of fused-ring (bicyclic) bond motifs is 2. The van der Waals surface area contributed by atoms with Gasteiger partial charge in [0.2, 0.25) is 0 Å². The van der Waals surface area contributed by atoms with Gasteiger partial charge in [-0.15, -0.1) is 11.8 Å². The molecule has 61 heavy (non-hydrogen) atoms. The number of sulfonamides is 1. The summed E-state index contributed by atoms with van der Waals surface area (Å²) in [5.74, 6) is 0.753. The van der Waals surface area contributed by atoms with E-state index < -0.39 is 14.9 Å². The molecule has 3 heterocycles. The van der Waals surface area contributed by atoms with E-state index in [0.717, 1.165) is 78.8 Å². The second-order valence-corrected chi connectivity index (χ2v) is 18.1. The summed E-state index contributed by atoms with van der Waals surface area (Å²) >= 11 is 1.66. The molecule has 15 heteroatoms. The number of nitro groups is 1. The summed E-state index contributed by atoms with van der Waals surface area (Å²) in [4.78, 5) is 32.9. The lowest BCUT2D eigenvalue weighted by molar-refractivity contribution is -0.384. The molecular weight excluding hydrogens is 807 g/mol. The van der Waals surface area contributed by atoms with Crippen LogP contribution in [-0.4, -0.2) is 96.7 Å². The van der Waals surface area contributed by atoms with Crippen LogP contribution in [-0.2, 0) is 16.6 Å². The zero-order valence-electron chi connectivity index (χ0n) is 34.0. The Balaban J connectivity index is 0.940. The molecule has 0 bridgehead atoms. The number of anilines is 3. The average molecular weight is 854 g/mol. The normalized spacial score (nSPS) is 14.0. The smallest absolute Gasteiger partial charge is 0.293 e. The maximum Gasteiger partial charge on any atom is 0.293 e. The topological polar surface area (TPSA) is 150 Å². The van der Waals surface area contributed by atoms with Crippen molar-refractivity contribution in [2.75, 3.05) is 67.5 Å². The first-order valence-corrected chi connectivity index (χ1v) is 22.6. The number of nitrogens with one attached hydrogen (secondary N) is 2. The molecule has 1 aliphatic heterocycles. The molecule has 0 spiro atoms. The van der Waals surface area contributed by atoms with Crippen molar-refractivity contribution in [3.8, 4) is 11.1 Å². The predicted octanol–water partition coefficient (Wildman–Crippen LogP) is 8.40. The number of rotatable bonds is 16. The Morgan fingerprint density at radius 3 is 2.41 bits per heavy atom. The summed E-state index contributed by atoms with van der Waals surface area (Å²) in [5.41, 5.74) is 6.06. The number of benzene rings is 5. The molecule has 2 N–H and O–H groups in total. The van der Waals surface area contributed by atoms with Crippen LogP contribution in [0.3, 0.4) is 0 Å². The highest BCUT2D eigenvalue weighted by Gasteiger charge is 2.25. The average Bonchev–Trinajstić information content (AvgIpc) is 3.27. The molecular formula is C46H47N9O4S2. The Hall–Kier alpha value is -6.13. The van der Waals surface area contributed by atoms with Crippen molar-refractivity contribution < 1.29 is 13.3 Å². The van der Waals surface area contributed by atoms with Gasteiger partial charge in [0, 0.05) is 83.7 Å². The number of hydrogen-bond donors (Lipinski definition) is 2. The number of aromatic nitrogens is 3. The molecule has 0 radical (unpaired) electrons. The van der Waals surface area contributed by atoms with Crippen molar-refractivity contribution >= 4 is 66.5 Å². The van der Waals surface area contributed by atoms with E-state index in [1.165, 1.54) is 29.6 Å². The number of hydrogen-bond acceptors (Lipinski definition) is 12. The maximum atomic E-state index is 13.8. The largest absolute Gasteiger partial charge is 0.376 e. The van der Waals surface area contributed by atoms with Crippen LogP contribution in [0.2, 0.25) is 0 Å². The Kier molecular flexibility index (Phi) is 12.7. The van der Waals surface area contributed by atoms with Gasteiger partial charge < -0.3 is 15.1 Å². The first-order valence-electron chi connectivity index (χ1n) is 20.2. The van der Waals surface area contributed by atoms with Crippen LogP contribution >= 0.6 is 11.8 Å². The predicted molar refractivity (Wildman–Crippen MR) is 246 cm³/mol. The fourth-order valence-corrected chi connectivity index (χ4v) is 9.70. The van der Waals surface area contributed by atoms with Gasteiger partial charge in [-0.05, 0) is 86.7 Å². The minimum absolute atomic E-state index is 0.0907. The van der Waals surface area contributed by atoms with Gasteiger partial charge in [0.25, 0.3) is 15.7 Å². The molecule has 1 unspecified atom stereocenters. The zero-order valence-corrected chi connectivity index (χ0v) is 35.6. The summed E-state index contributed by atoms with van der Waals surface area (Å²) < 4.78 is 30.1. The van der Waals surface area contributed by atoms with Gasteiger partial charge in [0.05, 0.1) is 20.9 Å². The van der Waals surface area contributed by atoms with E-state index in [1.54, 1.807) is 11.8 Å². The van der Waals surface area contributed by atoms with Crippen molar-refractivity contribution in [3.05, 3.63) is 150 Å². The Morgan fingerprint density at radius 2 is 1.61 bits per heavy atom. The summed E-state index contributed by atoms with van der Waals surface area (Å²) in [7, 11) is -0.314. The molecule has 0 aliphatic carbocycles. The number of nitro benzene ring substituents is 1. The first-order chi connectivity index (χ1) is 29.6. The summed E-state index contributed by atoms with van der Waals surface area (Å²) in [5, 5.41) is 17.3. The van der Waals surface area contributed by atoms with E-state index in [9.17, 15) is 18.5 Å². The molecule has 7 aromatic rings. The van der Waals surface area contributed by atoms with E-state index in [2.05, 4.69) is 83.2 Å². The van der Waals surface area contributed by atoms with Gasteiger partial charge in [-0.3, -0.25) is 24.7 Å². The maximum absolute atomic E-state index is 13.8. The molecule has 0 amide bonds. The van der Waals surface area contributed by atoms with Crippen LogP contribution in [0, 0.1) is 10.1 Å². The number of piperazine rings is 1. The van der Waals surface area contributed by atoms with Crippen molar-refractivity contribution in [2.45, 2.75) is 28.8 Å². The van der Waals surface area contributed by atoms with E-state index in [1.807, 2.05) is 74.9 Å². The van der Waals surface area contributed by atoms with Gasteiger partial charge in [0.1, 0.15) is 12.0 Å². The standard InChI is InChI=1S/C46H47N9O4S2/c1-52(2)23-21-35(31-60-37-13-4-3-5-14-37)50-42-20-18-38(29-44(42)55(56)57)61(58,59)51-46-41-19-17-36(28-43(41)48-32-49-46)54-26-24-53(25-27-54)30-34-10-6-7-15-39(34)40-16-8-11-33-12-9-22-47-45(33)40/h3-20,22,28-29,32,35,50H,21,23-27,30-31H2,1-2H3,(H,48,49,51). The monoisotopic (exact) mass is 853 g/mol. The van der Waals surface area contributed by atoms with Gasteiger partial charge in [0.15, 0.2) is 5.82 Å². The van der Waals surface area contributed by atoms with Gasteiger partial charge in [-0.25, -0.2) is 18.4 Å². The summed E-state index contributed by atoms with van der Waals surface area (Å²) in [6.07, 6.45) is 3.89. The number of para-hydroxylation sites is 1. The zero-order chi connectivity index (χ0) is 42.3. The van der Waals surface area contributed by atoms with Gasteiger partial charge >= 0.3 is 0 Å². The van der Waals surface area contributed by atoms with Crippen LogP contribution in [0.15, 0.2) is 144 Å². The highest BCUT2D eigenvalue weighted by molar-refractivity contribution is 7.99. The van der Waals surface area contributed by atoms with E-state index in [4.69, 9.17) is 4.98 Å². The fraction of sp³-hybridized carbons (Fsp3) is 0.239. The Morgan fingerprint density at radius 1 is 0.836 bits per heavy atom. The highest BCUT2D eigenvalue weighted by Crippen LogP contribution is 2.34. The molecule has 1 saturated heterocycles. The second-order valence-electron chi connectivity index (χ2n) is 15.3. The molecule has 312 valence electrons. The van der Waals surface area contributed by atoms with Crippen molar-refractivity contribution in [1.29, 1.82) is 0 Å². The molecule has 2 aromatic heterocycles. The third kappa shape index (κ3) is 9.92. The molecule has 1 atom stereocenters. The highest BCUT2D eigenvalue weighted by atomic mass is 32.2. The van der Waals surface area contributed by atoms with Crippen LogP contribution in [0.1, 0.15) is 12.0 Å².